The summed E-state index contributed by atoms with van der Waals surface area (Å²) in [6, 6.07) is 35.3. The van der Waals surface area contributed by atoms with Crippen LogP contribution in [0.2, 0.25) is 0 Å². The molecule has 0 bridgehead atoms. The second-order valence-corrected chi connectivity index (χ2v) is 26.5. The molecule has 14 nitrogen and oxygen atoms in total. The largest absolute Gasteiger partial charge is 0.507 e. The van der Waals surface area contributed by atoms with Gasteiger partial charge in [0.15, 0.2) is 34.9 Å². The molecule has 14 heteroatoms. The van der Waals surface area contributed by atoms with Gasteiger partial charge in [0.2, 0.25) is 0 Å². The van der Waals surface area contributed by atoms with E-state index in [4.69, 9.17) is 48.9 Å². The topological polar surface area (TPSA) is 195 Å². The SMILES string of the molecule is CCCCCCCCCCCCCOCC(O)COc1ccc(-c2nc(-c3ccc(C)cc3C)nc(-c3ccc(CC(CCCC)CCCCCCCOCC(O)COc4ccc(-c5nc(-c6ccc(C)cc6C)nc(-c6ccc(C)cc6C)n5)c(O)c4)cc3C)n2)c(O)c1. The fourth-order valence-electron chi connectivity index (χ4n) is 12.5. The molecule has 0 fully saturated rings. The van der Waals surface area contributed by atoms with Crippen LogP contribution in [0.4, 0.5) is 0 Å². The van der Waals surface area contributed by atoms with Crippen molar-refractivity contribution in [3.63, 3.8) is 0 Å². The Morgan fingerprint density at radius 2 is 0.663 bits per heavy atom. The van der Waals surface area contributed by atoms with E-state index in [1.165, 1.54) is 95.1 Å². The first kappa shape index (κ1) is 73.2. The minimum atomic E-state index is -0.835. The van der Waals surface area contributed by atoms with Crippen molar-refractivity contribution < 1.29 is 39.4 Å². The summed E-state index contributed by atoms with van der Waals surface area (Å²) in [5.74, 6) is 4.16. The summed E-state index contributed by atoms with van der Waals surface area (Å²) in [6.07, 6.45) is 23.5. The molecule has 0 aliphatic carbocycles. The summed E-state index contributed by atoms with van der Waals surface area (Å²) >= 11 is 0. The first-order chi connectivity index (χ1) is 46.0. The lowest BCUT2D eigenvalue weighted by atomic mass is 9.88. The van der Waals surface area contributed by atoms with Gasteiger partial charge in [0.05, 0.1) is 24.3 Å². The number of aliphatic hydroxyl groups is 2. The molecule has 8 aromatic rings. The molecule has 3 atom stereocenters. The van der Waals surface area contributed by atoms with E-state index in [2.05, 4.69) is 90.9 Å². The van der Waals surface area contributed by atoms with Crippen molar-refractivity contribution in [1.29, 1.82) is 0 Å². The van der Waals surface area contributed by atoms with Crippen LogP contribution in [0, 0.1) is 54.4 Å². The molecule has 0 amide bonds. The van der Waals surface area contributed by atoms with E-state index in [0.29, 0.717) is 76.7 Å². The third-order valence-corrected chi connectivity index (χ3v) is 17.9. The summed E-state index contributed by atoms with van der Waals surface area (Å²) in [5, 5.41) is 44.3. The normalized spacial score (nSPS) is 12.5. The average Bonchev–Trinajstić information content (AvgIpc) is 1.02. The van der Waals surface area contributed by atoms with Crippen molar-refractivity contribution in [3.8, 4) is 91.3 Å². The van der Waals surface area contributed by atoms with E-state index in [-0.39, 0.29) is 37.9 Å². The van der Waals surface area contributed by atoms with Crippen LogP contribution in [-0.4, -0.2) is 102 Å². The smallest absolute Gasteiger partial charge is 0.167 e. The van der Waals surface area contributed by atoms with E-state index in [1.807, 2.05) is 44.2 Å². The number of aliphatic hydroxyl groups excluding tert-OH is 2. The lowest BCUT2D eigenvalue weighted by Crippen LogP contribution is -2.23. The van der Waals surface area contributed by atoms with Crippen LogP contribution < -0.4 is 9.47 Å². The molecule has 0 saturated heterocycles. The highest BCUT2D eigenvalue weighted by molar-refractivity contribution is 5.74. The van der Waals surface area contributed by atoms with Gasteiger partial charge in [-0.25, -0.2) is 29.9 Å². The number of phenolic OH excluding ortho intramolecular Hbond substituents is 2. The molecule has 0 aliphatic heterocycles. The minimum Gasteiger partial charge on any atom is -0.507 e. The Kier molecular flexibility index (Phi) is 29.4. The molecular formula is C81H106N6O8. The molecule has 3 unspecified atom stereocenters. The minimum absolute atomic E-state index is 0.0141. The molecule has 8 rings (SSSR count). The fraction of sp³-hybridized carbons (Fsp3) is 0.481. The van der Waals surface area contributed by atoms with Gasteiger partial charge < -0.3 is 39.4 Å². The van der Waals surface area contributed by atoms with Gasteiger partial charge in [-0.1, -0.05) is 219 Å². The maximum Gasteiger partial charge on any atom is 0.167 e. The van der Waals surface area contributed by atoms with Crippen LogP contribution in [0.15, 0.2) is 109 Å². The molecule has 0 saturated carbocycles. The van der Waals surface area contributed by atoms with Crippen molar-refractivity contribution >= 4 is 0 Å². The van der Waals surface area contributed by atoms with E-state index in [0.717, 1.165) is 113 Å². The molecule has 2 aromatic heterocycles. The average molecular weight is 1290 g/mol. The Bertz CT molecular complexity index is 3620. The fourth-order valence-corrected chi connectivity index (χ4v) is 12.5. The van der Waals surface area contributed by atoms with E-state index in [1.54, 1.807) is 30.3 Å². The Morgan fingerprint density at radius 1 is 0.337 bits per heavy atom. The molecule has 508 valence electrons. The third kappa shape index (κ3) is 23.0. The quantitative estimate of drug-likeness (QED) is 0.0264. The van der Waals surface area contributed by atoms with E-state index in [9.17, 15) is 20.4 Å². The highest BCUT2D eigenvalue weighted by Gasteiger charge is 2.22. The molecular weight excluding hydrogens is 1180 g/mol. The second kappa shape index (κ2) is 38.2. The number of aromatic hydroxyl groups is 2. The highest BCUT2D eigenvalue weighted by atomic mass is 16.5. The van der Waals surface area contributed by atoms with Gasteiger partial charge in [-0.2, -0.15) is 0 Å². The molecule has 6 aromatic carbocycles. The summed E-state index contributed by atoms with van der Waals surface area (Å²) in [4.78, 5) is 29.7. The van der Waals surface area contributed by atoms with Crippen molar-refractivity contribution in [1.82, 2.24) is 29.9 Å². The van der Waals surface area contributed by atoms with Crippen LogP contribution in [0.25, 0.3) is 68.3 Å². The molecule has 0 aliphatic rings. The number of rotatable bonds is 41. The van der Waals surface area contributed by atoms with Gasteiger partial charge in [0.25, 0.3) is 0 Å². The Hall–Kier alpha value is -7.62. The number of hydrogen-bond donors (Lipinski definition) is 4. The Labute approximate surface area is 566 Å². The first-order valence-electron chi connectivity index (χ1n) is 35.3. The number of phenols is 2. The number of nitrogens with zero attached hydrogens (tertiary/aromatic N) is 6. The van der Waals surface area contributed by atoms with Crippen molar-refractivity contribution in [2.24, 2.45) is 5.92 Å². The second-order valence-electron chi connectivity index (χ2n) is 26.5. The monoisotopic (exact) mass is 1290 g/mol. The van der Waals surface area contributed by atoms with Crippen molar-refractivity contribution in [2.45, 2.75) is 209 Å². The van der Waals surface area contributed by atoms with Gasteiger partial charge in [-0.15, -0.1) is 0 Å². The predicted molar refractivity (Wildman–Crippen MR) is 384 cm³/mol. The zero-order chi connectivity index (χ0) is 67.5. The van der Waals surface area contributed by atoms with E-state index < -0.39 is 12.2 Å². The number of unbranched alkanes of at least 4 members (excludes halogenated alkanes) is 15. The van der Waals surface area contributed by atoms with Crippen LogP contribution in [-0.2, 0) is 15.9 Å². The van der Waals surface area contributed by atoms with Crippen LogP contribution in [0.5, 0.6) is 23.0 Å². The molecule has 0 radical (unpaired) electrons. The lowest BCUT2D eigenvalue weighted by Gasteiger charge is -2.18. The van der Waals surface area contributed by atoms with Gasteiger partial charge in [-0.05, 0) is 126 Å². The zero-order valence-electron chi connectivity index (χ0n) is 58.3. The van der Waals surface area contributed by atoms with Gasteiger partial charge >= 0.3 is 0 Å². The molecule has 0 spiro atoms. The standard InChI is InChI=1S/C81H106N6O8/c1-10-12-14-15-16-17-18-19-20-23-26-42-92-51-64(88)53-94-67-35-41-73(75(91)50-67)81-86-78(70-38-32-57(5)46-60(70)8)83-79(87-81)71-39-33-63(47-61(71)9)48-62(28-13-11-2)29-25-22-21-24-27-43-93-52-65(89)54-95-66-34-40-72(74(90)49-66)80-84-76(68-36-30-55(3)44-58(68)6)82-77(85-80)69-37-31-56(4)45-59(69)7/h30-41,44-47,49-50,62,64-65,88-91H,10-29,42-43,48,51-54H2,1-9H3. The van der Waals surface area contributed by atoms with E-state index >= 15 is 0 Å². The summed E-state index contributed by atoms with van der Waals surface area (Å²) < 4.78 is 23.5. The molecule has 95 heavy (non-hydrogen) atoms. The number of benzene rings is 6. The summed E-state index contributed by atoms with van der Waals surface area (Å²) in [5.41, 5.74) is 13.4. The van der Waals surface area contributed by atoms with Crippen molar-refractivity contribution in [2.75, 3.05) is 39.6 Å². The number of hydrogen-bond acceptors (Lipinski definition) is 14. The molecule has 4 N–H and O–H groups in total. The van der Waals surface area contributed by atoms with Gasteiger partial charge in [0, 0.05) is 47.6 Å². The van der Waals surface area contributed by atoms with Crippen LogP contribution in [0.3, 0.4) is 0 Å². The maximum atomic E-state index is 11.5. The highest BCUT2D eigenvalue weighted by Crippen LogP contribution is 2.37. The Balaban J connectivity index is 0.777. The lowest BCUT2D eigenvalue weighted by molar-refractivity contribution is 0.0109. The van der Waals surface area contributed by atoms with Crippen molar-refractivity contribution in [3.05, 3.63) is 154 Å². The maximum absolute atomic E-state index is 11.5. The number of aromatic nitrogens is 6. The van der Waals surface area contributed by atoms with Gasteiger partial charge in [-0.3, -0.25) is 0 Å². The zero-order valence-corrected chi connectivity index (χ0v) is 58.3. The van der Waals surface area contributed by atoms with Crippen LogP contribution >= 0.6 is 0 Å². The summed E-state index contributed by atoms with van der Waals surface area (Å²) in [7, 11) is 0. The summed E-state index contributed by atoms with van der Waals surface area (Å²) in [6.45, 7) is 20.6. The Morgan fingerprint density at radius 3 is 1.03 bits per heavy atom. The molecule has 2 heterocycles. The van der Waals surface area contributed by atoms with Gasteiger partial charge in [0.1, 0.15) is 48.4 Å². The predicted octanol–water partition coefficient (Wildman–Crippen LogP) is 18.8. The van der Waals surface area contributed by atoms with Crippen LogP contribution in [0.1, 0.15) is 187 Å². The third-order valence-electron chi connectivity index (χ3n) is 17.9. The first-order valence-corrected chi connectivity index (χ1v) is 35.3. The number of aryl methyl sites for hydroxylation is 7. The number of ether oxygens (including phenoxy) is 4.